The van der Waals surface area contributed by atoms with Gasteiger partial charge in [0.25, 0.3) is 0 Å². The second-order valence-corrected chi connectivity index (χ2v) is 6.21. The van der Waals surface area contributed by atoms with Crippen molar-refractivity contribution < 1.29 is 9.53 Å². The molecule has 0 bridgehead atoms. The Morgan fingerprint density at radius 2 is 2.18 bits per heavy atom. The largest absolute Gasteiger partial charge is 0.468 e. The summed E-state index contributed by atoms with van der Waals surface area (Å²) in [5.74, 6) is 0.657. The molecule has 3 atom stereocenters. The lowest BCUT2D eigenvalue weighted by molar-refractivity contribution is -0.159. The predicted octanol–water partition coefficient (Wildman–Crippen LogP) is 3.47. The first-order chi connectivity index (χ1) is 8.15. The molecular weight excluding hydrogens is 212 g/mol. The zero-order chi connectivity index (χ0) is 12.1. The second-order valence-electron chi connectivity index (χ2n) is 6.21. The van der Waals surface area contributed by atoms with E-state index in [1.54, 1.807) is 7.11 Å². The molecule has 2 saturated carbocycles. The minimum absolute atomic E-state index is 0.0374. The number of esters is 1. The maximum absolute atomic E-state index is 12.5. The Kier molecular flexibility index (Phi) is 2.39. The first-order valence-electron chi connectivity index (χ1n) is 6.95. The fraction of sp³-hybridized carbons (Fsp3) is 0.800. The van der Waals surface area contributed by atoms with Gasteiger partial charge in [0.2, 0.25) is 0 Å². The van der Waals surface area contributed by atoms with Crippen molar-refractivity contribution in [2.24, 2.45) is 16.7 Å². The van der Waals surface area contributed by atoms with Gasteiger partial charge in [0.05, 0.1) is 12.5 Å². The van der Waals surface area contributed by atoms with Crippen LogP contribution in [0.2, 0.25) is 0 Å². The molecule has 0 saturated heterocycles. The molecule has 2 heteroatoms. The van der Waals surface area contributed by atoms with Crippen LogP contribution in [-0.4, -0.2) is 13.1 Å². The minimum atomic E-state index is -0.263. The Labute approximate surface area is 103 Å². The van der Waals surface area contributed by atoms with Crippen LogP contribution < -0.4 is 0 Å². The van der Waals surface area contributed by atoms with Crippen molar-refractivity contribution in [3.8, 4) is 0 Å². The van der Waals surface area contributed by atoms with Crippen LogP contribution in [0.4, 0.5) is 0 Å². The summed E-state index contributed by atoms with van der Waals surface area (Å²) >= 11 is 0. The van der Waals surface area contributed by atoms with E-state index in [1.165, 1.54) is 37.7 Å². The molecule has 2 fully saturated rings. The third-order valence-corrected chi connectivity index (χ3v) is 5.74. The molecular formula is C15H22O2. The summed E-state index contributed by atoms with van der Waals surface area (Å²) in [4.78, 5) is 12.5. The van der Waals surface area contributed by atoms with Gasteiger partial charge in [-0.25, -0.2) is 0 Å². The normalized spacial score (nSPS) is 43.9. The molecule has 3 aliphatic carbocycles. The zero-order valence-corrected chi connectivity index (χ0v) is 10.9. The highest BCUT2D eigenvalue weighted by atomic mass is 16.5. The number of hydrogen-bond donors (Lipinski definition) is 0. The highest BCUT2D eigenvalue weighted by Crippen LogP contribution is 2.67. The summed E-state index contributed by atoms with van der Waals surface area (Å²) < 4.78 is 5.19. The van der Waals surface area contributed by atoms with Gasteiger partial charge in [-0.05, 0) is 43.4 Å². The molecule has 0 N–H and O–H groups in total. The Bertz CT molecular complexity index is 384. The Balaban J connectivity index is 2.11. The number of hydrogen-bond acceptors (Lipinski definition) is 2. The number of carbonyl (C=O) groups is 1. The molecule has 0 aromatic rings. The van der Waals surface area contributed by atoms with E-state index < -0.39 is 0 Å². The number of fused-ring (bicyclic) bond motifs is 3. The third-order valence-electron chi connectivity index (χ3n) is 5.74. The Morgan fingerprint density at radius 3 is 2.94 bits per heavy atom. The average Bonchev–Trinajstić information content (AvgIpc) is 2.81. The lowest BCUT2D eigenvalue weighted by Gasteiger charge is -2.46. The summed E-state index contributed by atoms with van der Waals surface area (Å²) in [6.07, 6.45) is 10.7. The fourth-order valence-corrected chi connectivity index (χ4v) is 4.83. The molecule has 3 rings (SSSR count). The summed E-state index contributed by atoms with van der Waals surface area (Å²) in [5.41, 5.74) is 1.29. The number of methoxy groups -OCH3 is 1. The predicted molar refractivity (Wildman–Crippen MR) is 66.4 cm³/mol. The van der Waals surface area contributed by atoms with Crippen LogP contribution in [0.5, 0.6) is 0 Å². The minimum Gasteiger partial charge on any atom is -0.468 e. The smallest absolute Gasteiger partial charge is 0.316 e. The molecule has 0 amide bonds. The van der Waals surface area contributed by atoms with Gasteiger partial charge in [0.1, 0.15) is 0 Å². The Hall–Kier alpha value is -0.790. The van der Waals surface area contributed by atoms with Crippen LogP contribution in [0.15, 0.2) is 11.6 Å². The van der Waals surface area contributed by atoms with E-state index in [1.807, 2.05) is 0 Å². The highest BCUT2D eigenvalue weighted by Gasteiger charge is 2.64. The van der Waals surface area contributed by atoms with E-state index in [-0.39, 0.29) is 16.8 Å². The van der Waals surface area contributed by atoms with Crippen molar-refractivity contribution in [2.75, 3.05) is 7.11 Å². The molecule has 94 valence electrons. The lowest BCUT2D eigenvalue weighted by Crippen LogP contribution is -2.47. The van der Waals surface area contributed by atoms with Crippen molar-refractivity contribution in [1.82, 2.24) is 0 Å². The van der Waals surface area contributed by atoms with Crippen molar-refractivity contribution in [1.29, 1.82) is 0 Å². The molecule has 17 heavy (non-hydrogen) atoms. The second kappa shape index (κ2) is 3.60. The van der Waals surface area contributed by atoms with Gasteiger partial charge >= 0.3 is 5.97 Å². The summed E-state index contributed by atoms with van der Waals surface area (Å²) in [7, 11) is 1.55. The van der Waals surface area contributed by atoms with E-state index in [2.05, 4.69) is 13.0 Å². The lowest BCUT2D eigenvalue weighted by atomic mass is 9.57. The van der Waals surface area contributed by atoms with E-state index in [0.29, 0.717) is 5.92 Å². The standard InChI is InChI=1S/C15H22O2/c1-14-8-5-7-11(14)10-12-6-3-4-9-15(12,14)13(16)17-2/h10-11H,3-9H2,1-2H3/t11-,14-,15-/m0/s1. The Morgan fingerprint density at radius 1 is 1.35 bits per heavy atom. The first kappa shape index (κ1) is 11.3. The monoisotopic (exact) mass is 234 g/mol. The first-order valence-corrected chi connectivity index (χ1v) is 6.95. The SMILES string of the molecule is COC(=O)[C@]12CCCCC1=C[C@@H]1CCC[C@@]12C. The van der Waals surface area contributed by atoms with Gasteiger partial charge < -0.3 is 4.74 Å². The van der Waals surface area contributed by atoms with Gasteiger partial charge in [-0.1, -0.05) is 31.4 Å². The van der Waals surface area contributed by atoms with Gasteiger partial charge in [-0.2, -0.15) is 0 Å². The molecule has 0 aromatic carbocycles. The molecule has 0 heterocycles. The van der Waals surface area contributed by atoms with Crippen LogP contribution in [0.1, 0.15) is 51.9 Å². The van der Waals surface area contributed by atoms with Crippen LogP contribution in [0.25, 0.3) is 0 Å². The number of allylic oxidation sites excluding steroid dienone is 1. The summed E-state index contributed by atoms with van der Waals surface area (Å²) in [6.45, 7) is 2.33. The third kappa shape index (κ3) is 1.19. The van der Waals surface area contributed by atoms with Crippen molar-refractivity contribution in [3.05, 3.63) is 11.6 Å². The molecule has 0 aromatic heterocycles. The number of ether oxygens (including phenoxy) is 1. The summed E-state index contributed by atoms with van der Waals surface area (Å²) in [6, 6.07) is 0. The van der Waals surface area contributed by atoms with Crippen LogP contribution in [0, 0.1) is 16.7 Å². The number of rotatable bonds is 1. The van der Waals surface area contributed by atoms with Crippen molar-refractivity contribution in [3.63, 3.8) is 0 Å². The van der Waals surface area contributed by atoms with E-state index in [4.69, 9.17) is 4.74 Å². The van der Waals surface area contributed by atoms with Crippen molar-refractivity contribution in [2.45, 2.75) is 51.9 Å². The van der Waals surface area contributed by atoms with E-state index >= 15 is 0 Å². The van der Waals surface area contributed by atoms with Gasteiger partial charge in [0.15, 0.2) is 0 Å². The zero-order valence-electron chi connectivity index (χ0n) is 10.9. The van der Waals surface area contributed by atoms with Crippen molar-refractivity contribution >= 4 is 5.97 Å². The van der Waals surface area contributed by atoms with E-state index in [9.17, 15) is 4.79 Å². The number of carbonyl (C=O) groups excluding carboxylic acids is 1. The van der Waals surface area contributed by atoms with Gasteiger partial charge in [0, 0.05) is 0 Å². The molecule has 0 radical (unpaired) electrons. The maximum Gasteiger partial charge on any atom is 0.316 e. The molecule has 0 spiro atoms. The fourth-order valence-electron chi connectivity index (χ4n) is 4.83. The average molecular weight is 234 g/mol. The quantitative estimate of drug-likeness (QED) is 0.513. The molecule has 0 unspecified atom stereocenters. The van der Waals surface area contributed by atoms with Gasteiger partial charge in [-0.3, -0.25) is 4.79 Å². The maximum atomic E-state index is 12.5. The van der Waals surface area contributed by atoms with Gasteiger partial charge in [-0.15, -0.1) is 0 Å². The molecule has 0 aliphatic heterocycles. The van der Waals surface area contributed by atoms with Crippen LogP contribution >= 0.6 is 0 Å². The summed E-state index contributed by atoms with van der Waals surface area (Å²) in [5, 5.41) is 0. The molecule has 2 nitrogen and oxygen atoms in total. The topological polar surface area (TPSA) is 26.3 Å². The highest BCUT2D eigenvalue weighted by molar-refractivity contribution is 5.83. The van der Waals surface area contributed by atoms with E-state index in [0.717, 1.165) is 12.8 Å². The van der Waals surface area contributed by atoms with Crippen LogP contribution in [-0.2, 0) is 9.53 Å². The molecule has 3 aliphatic rings. The van der Waals surface area contributed by atoms with Crippen LogP contribution in [0.3, 0.4) is 0 Å².